The second kappa shape index (κ2) is 3.57. The molecule has 1 heterocycles. The van der Waals surface area contributed by atoms with Crippen LogP contribution >= 0.6 is 0 Å². The van der Waals surface area contributed by atoms with Gasteiger partial charge >= 0.3 is 6.03 Å². The molecule has 0 aromatic heterocycles. The van der Waals surface area contributed by atoms with E-state index in [2.05, 4.69) is 17.6 Å². The minimum Gasteiger partial charge on any atom is -0.352 e. The molecular weight excluding hydrogens is 142 g/mol. The Hall–Kier alpha value is -0.770. The summed E-state index contributed by atoms with van der Waals surface area (Å²) < 4.78 is 0. The maximum Gasteiger partial charge on any atom is 0.312 e. The van der Waals surface area contributed by atoms with Crippen molar-refractivity contribution < 1.29 is 4.79 Å². The van der Waals surface area contributed by atoms with Gasteiger partial charge in [-0.2, -0.15) is 0 Å². The van der Waals surface area contributed by atoms with Crippen LogP contribution in [0.15, 0.2) is 0 Å². The molecular formula is C7H15N3O. The van der Waals surface area contributed by atoms with Gasteiger partial charge < -0.3 is 16.4 Å². The Balaban J connectivity index is 2.22. The summed E-state index contributed by atoms with van der Waals surface area (Å²) in [4.78, 5) is 10.4. The van der Waals surface area contributed by atoms with Gasteiger partial charge in [0, 0.05) is 18.6 Å². The molecule has 0 spiro atoms. The van der Waals surface area contributed by atoms with Gasteiger partial charge in [-0.1, -0.05) is 0 Å². The normalized spacial score (nSPS) is 31.4. The van der Waals surface area contributed by atoms with E-state index in [1.54, 1.807) is 0 Å². The van der Waals surface area contributed by atoms with Gasteiger partial charge in [0.05, 0.1) is 0 Å². The molecule has 4 heteroatoms. The van der Waals surface area contributed by atoms with Crippen molar-refractivity contribution in [2.24, 2.45) is 5.73 Å². The number of primary amides is 1. The van der Waals surface area contributed by atoms with E-state index >= 15 is 0 Å². The first kappa shape index (κ1) is 8.33. The van der Waals surface area contributed by atoms with E-state index in [0.29, 0.717) is 6.04 Å². The van der Waals surface area contributed by atoms with E-state index in [0.717, 1.165) is 19.4 Å². The molecule has 4 nitrogen and oxygen atoms in total. The van der Waals surface area contributed by atoms with E-state index < -0.39 is 6.03 Å². The minimum atomic E-state index is -0.425. The van der Waals surface area contributed by atoms with Crippen molar-refractivity contribution in [3.63, 3.8) is 0 Å². The van der Waals surface area contributed by atoms with Crippen LogP contribution in [0, 0.1) is 0 Å². The Morgan fingerprint density at radius 3 is 2.82 bits per heavy atom. The molecule has 0 aliphatic carbocycles. The molecule has 0 bridgehead atoms. The van der Waals surface area contributed by atoms with Crippen LogP contribution in [-0.2, 0) is 0 Å². The predicted octanol–water partition coefficient (Wildman–Crippen LogP) is -0.205. The summed E-state index contributed by atoms with van der Waals surface area (Å²) in [6, 6.07) is 0.371. The monoisotopic (exact) mass is 157 g/mol. The van der Waals surface area contributed by atoms with E-state index in [4.69, 9.17) is 5.73 Å². The van der Waals surface area contributed by atoms with Gasteiger partial charge in [-0.05, 0) is 19.8 Å². The number of rotatable bonds is 1. The summed E-state index contributed by atoms with van der Waals surface area (Å²) >= 11 is 0. The Labute approximate surface area is 66.5 Å². The maximum atomic E-state index is 10.4. The van der Waals surface area contributed by atoms with Crippen LogP contribution in [0.3, 0.4) is 0 Å². The quantitative estimate of drug-likeness (QED) is 0.493. The molecule has 4 N–H and O–H groups in total. The number of amides is 2. The Morgan fingerprint density at radius 1 is 1.64 bits per heavy atom. The number of hydrogen-bond acceptors (Lipinski definition) is 2. The van der Waals surface area contributed by atoms with Crippen molar-refractivity contribution in [2.75, 3.05) is 6.54 Å². The number of nitrogens with one attached hydrogen (secondary N) is 2. The molecule has 1 aliphatic heterocycles. The SMILES string of the molecule is CC1CCC(NC(N)=O)CN1. The molecule has 2 unspecified atom stereocenters. The van der Waals surface area contributed by atoms with Crippen LogP contribution in [0.1, 0.15) is 19.8 Å². The number of urea groups is 1. The lowest BCUT2D eigenvalue weighted by atomic mass is 10.0. The second-order valence-corrected chi connectivity index (χ2v) is 3.09. The van der Waals surface area contributed by atoms with Crippen LogP contribution in [0.2, 0.25) is 0 Å². The van der Waals surface area contributed by atoms with E-state index in [1.807, 2.05) is 0 Å². The van der Waals surface area contributed by atoms with Gasteiger partial charge in [0.25, 0.3) is 0 Å². The highest BCUT2D eigenvalue weighted by Crippen LogP contribution is 2.06. The molecule has 0 radical (unpaired) electrons. The van der Waals surface area contributed by atoms with Crippen LogP contribution in [0.25, 0.3) is 0 Å². The molecule has 1 aliphatic rings. The zero-order valence-electron chi connectivity index (χ0n) is 6.76. The predicted molar refractivity (Wildman–Crippen MR) is 43.2 cm³/mol. The highest BCUT2D eigenvalue weighted by atomic mass is 16.2. The van der Waals surface area contributed by atoms with Crippen molar-refractivity contribution in [2.45, 2.75) is 31.8 Å². The Bertz CT molecular complexity index is 141. The van der Waals surface area contributed by atoms with E-state index in [1.165, 1.54) is 0 Å². The fourth-order valence-corrected chi connectivity index (χ4v) is 1.32. The lowest BCUT2D eigenvalue weighted by Gasteiger charge is -2.27. The second-order valence-electron chi connectivity index (χ2n) is 3.09. The lowest BCUT2D eigenvalue weighted by Crippen LogP contribution is -2.50. The van der Waals surface area contributed by atoms with E-state index in [-0.39, 0.29) is 6.04 Å². The van der Waals surface area contributed by atoms with Crippen molar-refractivity contribution in [1.82, 2.24) is 10.6 Å². The van der Waals surface area contributed by atoms with Crippen molar-refractivity contribution in [1.29, 1.82) is 0 Å². The highest BCUT2D eigenvalue weighted by Gasteiger charge is 2.17. The summed E-state index contributed by atoms with van der Waals surface area (Å²) in [5.41, 5.74) is 4.98. The molecule has 0 aromatic rings. The third-order valence-electron chi connectivity index (χ3n) is 2.01. The van der Waals surface area contributed by atoms with Crippen LogP contribution in [-0.4, -0.2) is 24.7 Å². The summed E-state index contributed by atoms with van der Waals surface area (Å²) in [6.45, 7) is 2.98. The third-order valence-corrected chi connectivity index (χ3v) is 2.01. The third kappa shape index (κ3) is 2.76. The molecule has 2 amide bonds. The molecule has 64 valence electrons. The first-order valence-corrected chi connectivity index (χ1v) is 3.98. The zero-order chi connectivity index (χ0) is 8.27. The van der Waals surface area contributed by atoms with Crippen LogP contribution in [0.4, 0.5) is 4.79 Å². The fraction of sp³-hybridized carbons (Fsp3) is 0.857. The summed E-state index contributed by atoms with van der Waals surface area (Å²) in [5.74, 6) is 0. The van der Waals surface area contributed by atoms with Crippen LogP contribution < -0.4 is 16.4 Å². The van der Waals surface area contributed by atoms with E-state index in [9.17, 15) is 4.79 Å². The van der Waals surface area contributed by atoms with Crippen molar-refractivity contribution in [3.05, 3.63) is 0 Å². The van der Waals surface area contributed by atoms with Gasteiger partial charge in [0.2, 0.25) is 0 Å². The zero-order valence-corrected chi connectivity index (χ0v) is 6.76. The van der Waals surface area contributed by atoms with Gasteiger partial charge in [-0.3, -0.25) is 0 Å². The minimum absolute atomic E-state index is 0.226. The smallest absolute Gasteiger partial charge is 0.312 e. The average molecular weight is 157 g/mol. The fourth-order valence-electron chi connectivity index (χ4n) is 1.32. The first-order chi connectivity index (χ1) is 5.18. The topological polar surface area (TPSA) is 67.1 Å². The van der Waals surface area contributed by atoms with Gasteiger partial charge in [-0.15, -0.1) is 0 Å². The summed E-state index contributed by atoms with van der Waals surface area (Å²) in [5, 5.41) is 5.95. The largest absolute Gasteiger partial charge is 0.352 e. The Kier molecular flexibility index (Phi) is 2.70. The number of carbonyl (C=O) groups is 1. The maximum absolute atomic E-state index is 10.4. The average Bonchev–Trinajstić information content (AvgIpc) is 1.93. The number of piperidine rings is 1. The molecule has 0 aromatic carbocycles. The summed E-state index contributed by atoms with van der Waals surface area (Å²) in [6.07, 6.45) is 2.13. The van der Waals surface area contributed by atoms with Gasteiger partial charge in [-0.25, -0.2) is 4.79 Å². The van der Waals surface area contributed by atoms with Gasteiger partial charge in [0.1, 0.15) is 0 Å². The van der Waals surface area contributed by atoms with Crippen molar-refractivity contribution >= 4 is 6.03 Å². The molecule has 0 saturated carbocycles. The molecule has 1 rings (SSSR count). The van der Waals surface area contributed by atoms with Crippen LogP contribution in [0.5, 0.6) is 0 Å². The molecule has 2 atom stereocenters. The first-order valence-electron chi connectivity index (χ1n) is 3.98. The molecule has 1 saturated heterocycles. The number of carbonyl (C=O) groups excluding carboxylic acids is 1. The number of nitrogens with two attached hydrogens (primary N) is 1. The summed E-state index contributed by atoms with van der Waals surface area (Å²) in [7, 11) is 0. The standard InChI is InChI=1S/C7H15N3O/c1-5-2-3-6(4-9-5)10-7(8)11/h5-6,9H,2-4H2,1H3,(H3,8,10,11). The Morgan fingerprint density at radius 2 is 2.36 bits per heavy atom. The van der Waals surface area contributed by atoms with Crippen molar-refractivity contribution in [3.8, 4) is 0 Å². The molecule has 11 heavy (non-hydrogen) atoms. The molecule has 1 fully saturated rings. The highest BCUT2D eigenvalue weighted by molar-refractivity contribution is 5.71. The lowest BCUT2D eigenvalue weighted by molar-refractivity contribution is 0.239. The number of hydrogen-bond donors (Lipinski definition) is 3. The van der Waals surface area contributed by atoms with Gasteiger partial charge in [0.15, 0.2) is 0 Å².